The predicted octanol–water partition coefficient (Wildman–Crippen LogP) is 4.05. The molecule has 1 saturated carbocycles. The normalized spacial score (nSPS) is 31.4. The van der Waals surface area contributed by atoms with Crippen LogP contribution in [-0.2, 0) is 6.18 Å². The second kappa shape index (κ2) is 5.09. The molecule has 0 amide bonds. The summed E-state index contributed by atoms with van der Waals surface area (Å²) in [5.74, 6) is -2.92. The molecule has 0 aliphatic heterocycles. The van der Waals surface area contributed by atoms with E-state index in [1.54, 1.807) is 0 Å². The Balaban J connectivity index is 2.04. The van der Waals surface area contributed by atoms with E-state index in [1.807, 2.05) is 0 Å². The van der Waals surface area contributed by atoms with Crippen LogP contribution in [0.25, 0.3) is 0 Å². The minimum atomic E-state index is -5.00. The van der Waals surface area contributed by atoms with Gasteiger partial charge in [0.2, 0.25) is 5.92 Å². The van der Waals surface area contributed by atoms with Crippen LogP contribution >= 0.6 is 0 Å². The van der Waals surface area contributed by atoms with Gasteiger partial charge in [-0.25, -0.2) is 17.6 Å². The largest absolute Gasteiger partial charge is 0.435 e. The molecule has 130 valence electrons. The Labute approximate surface area is 126 Å². The van der Waals surface area contributed by atoms with Gasteiger partial charge in [-0.15, -0.1) is 0 Å². The van der Waals surface area contributed by atoms with Crippen LogP contribution in [0, 0.1) is 0 Å². The number of hydrogen-bond donors (Lipinski definition) is 1. The second-order valence-corrected chi connectivity index (χ2v) is 5.97. The molecule has 3 atom stereocenters. The molecule has 0 unspecified atom stereocenters. The summed E-state index contributed by atoms with van der Waals surface area (Å²) in [6.07, 6.45) is -13.8. The molecule has 3 rings (SSSR count). The SMILES string of the molecule is O[C@H]1c2c(C(F)(F)F)nn(C3CCC(F)(F)CC3)c2[C@@H](F)[C@@H]1F. The lowest BCUT2D eigenvalue weighted by atomic mass is 9.92. The maximum atomic E-state index is 14.0. The summed E-state index contributed by atoms with van der Waals surface area (Å²) in [4.78, 5) is 0. The molecule has 0 aromatic carbocycles. The van der Waals surface area contributed by atoms with Crippen molar-refractivity contribution in [3.63, 3.8) is 0 Å². The zero-order chi connectivity index (χ0) is 17.2. The molecule has 1 fully saturated rings. The molecule has 1 heterocycles. The van der Waals surface area contributed by atoms with Crippen molar-refractivity contribution in [3.05, 3.63) is 17.0 Å². The van der Waals surface area contributed by atoms with E-state index in [1.165, 1.54) is 0 Å². The molecule has 10 heteroatoms. The van der Waals surface area contributed by atoms with Gasteiger partial charge in [0.1, 0.15) is 6.10 Å². The Hall–Kier alpha value is -1.32. The van der Waals surface area contributed by atoms with Crippen LogP contribution in [0.4, 0.5) is 30.7 Å². The quantitative estimate of drug-likeness (QED) is 0.779. The molecular weight excluding hydrogens is 333 g/mol. The van der Waals surface area contributed by atoms with Crippen LogP contribution in [0.3, 0.4) is 0 Å². The van der Waals surface area contributed by atoms with Crippen LogP contribution < -0.4 is 0 Å². The third-order valence-electron chi connectivity index (χ3n) is 4.42. The molecule has 0 radical (unpaired) electrons. The molecule has 3 nitrogen and oxygen atoms in total. The number of alkyl halides is 7. The lowest BCUT2D eigenvalue weighted by Gasteiger charge is -2.29. The highest BCUT2D eigenvalue weighted by molar-refractivity contribution is 5.39. The number of aliphatic hydroxyl groups excluding tert-OH is 1. The van der Waals surface area contributed by atoms with Crippen molar-refractivity contribution in [1.29, 1.82) is 0 Å². The second-order valence-electron chi connectivity index (χ2n) is 5.97. The number of rotatable bonds is 1. The number of halogens is 7. The van der Waals surface area contributed by atoms with Gasteiger partial charge in [-0.3, -0.25) is 4.68 Å². The van der Waals surface area contributed by atoms with E-state index in [0.29, 0.717) is 4.68 Å². The highest BCUT2D eigenvalue weighted by Gasteiger charge is 2.52. The lowest BCUT2D eigenvalue weighted by Crippen LogP contribution is -2.28. The fraction of sp³-hybridized carbons (Fsp3) is 0.769. The Morgan fingerprint density at radius 2 is 1.70 bits per heavy atom. The number of aromatic nitrogens is 2. The van der Waals surface area contributed by atoms with Gasteiger partial charge < -0.3 is 5.11 Å². The molecule has 0 saturated heterocycles. The van der Waals surface area contributed by atoms with E-state index >= 15 is 0 Å². The van der Waals surface area contributed by atoms with Crippen molar-refractivity contribution in [3.8, 4) is 0 Å². The van der Waals surface area contributed by atoms with Crippen molar-refractivity contribution in [1.82, 2.24) is 9.78 Å². The topological polar surface area (TPSA) is 38.1 Å². The van der Waals surface area contributed by atoms with Gasteiger partial charge in [-0.2, -0.15) is 18.3 Å². The van der Waals surface area contributed by atoms with E-state index in [-0.39, 0.29) is 12.8 Å². The highest BCUT2D eigenvalue weighted by atomic mass is 19.4. The third-order valence-corrected chi connectivity index (χ3v) is 4.42. The number of hydrogen-bond acceptors (Lipinski definition) is 2. The maximum Gasteiger partial charge on any atom is 0.435 e. The average molecular weight is 346 g/mol. The standard InChI is InChI=1S/C13H13F7N2O/c14-7-8(15)10(23)6-9(7)22(21-11(6)13(18,19)20)5-1-3-12(16,17)4-2-5/h5,7-8,10,23H,1-4H2/t7-,8-,10-/m0/s1. The predicted molar refractivity (Wildman–Crippen MR) is 63.4 cm³/mol. The van der Waals surface area contributed by atoms with Crippen LogP contribution in [0.5, 0.6) is 0 Å². The zero-order valence-corrected chi connectivity index (χ0v) is 11.6. The number of fused-ring (bicyclic) bond motifs is 1. The first-order valence-electron chi connectivity index (χ1n) is 7.06. The molecule has 0 bridgehead atoms. The van der Waals surface area contributed by atoms with Crippen LogP contribution in [0.2, 0.25) is 0 Å². The van der Waals surface area contributed by atoms with Crippen molar-refractivity contribution >= 4 is 0 Å². The van der Waals surface area contributed by atoms with Gasteiger partial charge in [0.25, 0.3) is 0 Å². The number of nitrogens with zero attached hydrogens (tertiary/aromatic N) is 2. The molecule has 2 aliphatic rings. The monoisotopic (exact) mass is 346 g/mol. The van der Waals surface area contributed by atoms with Gasteiger partial charge in [-0.1, -0.05) is 0 Å². The summed E-state index contributed by atoms with van der Waals surface area (Å²) >= 11 is 0. The van der Waals surface area contributed by atoms with Crippen molar-refractivity contribution in [2.24, 2.45) is 0 Å². The summed E-state index contributed by atoms with van der Waals surface area (Å²) in [6, 6.07) is -0.879. The molecule has 23 heavy (non-hydrogen) atoms. The first-order valence-corrected chi connectivity index (χ1v) is 7.06. The minimum Gasteiger partial charge on any atom is -0.385 e. The number of aliphatic hydroxyl groups is 1. The smallest absolute Gasteiger partial charge is 0.385 e. The maximum absolute atomic E-state index is 14.0. The zero-order valence-electron chi connectivity index (χ0n) is 11.6. The van der Waals surface area contributed by atoms with E-state index in [4.69, 9.17) is 0 Å². The first kappa shape index (κ1) is 16.5. The van der Waals surface area contributed by atoms with Crippen molar-refractivity contribution in [2.45, 2.75) is 62.3 Å². The summed E-state index contributed by atoms with van der Waals surface area (Å²) in [7, 11) is 0. The summed E-state index contributed by atoms with van der Waals surface area (Å²) in [5, 5.41) is 12.9. The van der Waals surface area contributed by atoms with E-state index < -0.39 is 66.4 Å². The summed E-state index contributed by atoms with van der Waals surface area (Å²) in [5.41, 5.74) is -3.16. The fourth-order valence-electron chi connectivity index (χ4n) is 3.25. The van der Waals surface area contributed by atoms with Gasteiger partial charge in [-0.05, 0) is 12.8 Å². The minimum absolute atomic E-state index is 0.196. The molecule has 1 aromatic rings. The van der Waals surface area contributed by atoms with E-state index in [0.717, 1.165) is 0 Å². The van der Waals surface area contributed by atoms with Crippen molar-refractivity contribution in [2.75, 3.05) is 0 Å². The molecule has 1 aromatic heterocycles. The highest BCUT2D eigenvalue weighted by Crippen LogP contribution is 2.50. The Morgan fingerprint density at radius 3 is 2.22 bits per heavy atom. The van der Waals surface area contributed by atoms with Gasteiger partial charge in [0.05, 0.1) is 11.7 Å². The Bertz CT molecular complexity index is 602. The average Bonchev–Trinajstić information content (AvgIpc) is 2.93. The first-order chi connectivity index (χ1) is 10.5. The molecule has 2 aliphatic carbocycles. The third kappa shape index (κ3) is 2.60. The molecule has 1 N–H and O–H groups in total. The van der Waals surface area contributed by atoms with Crippen LogP contribution in [-0.4, -0.2) is 27.0 Å². The fourth-order valence-corrected chi connectivity index (χ4v) is 3.25. The van der Waals surface area contributed by atoms with Crippen LogP contribution in [0.1, 0.15) is 61.0 Å². The molecular formula is C13H13F7N2O. The van der Waals surface area contributed by atoms with E-state index in [2.05, 4.69) is 5.10 Å². The van der Waals surface area contributed by atoms with Gasteiger partial charge in [0, 0.05) is 18.4 Å². The lowest BCUT2D eigenvalue weighted by molar-refractivity contribution is -0.143. The summed E-state index contributed by atoms with van der Waals surface area (Å²) < 4.78 is 93.7. The van der Waals surface area contributed by atoms with E-state index in [9.17, 15) is 35.8 Å². The Morgan fingerprint density at radius 1 is 1.13 bits per heavy atom. The van der Waals surface area contributed by atoms with Crippen molar-refractivity contribution < 1.29 is 35.8 Å². The Kier molecular flexibility index (Phi) is 3.66. The van der Waals surface area contributed by atoms with Crippen LogP contribution in [0.15, 0.2) is 0 Å². The molecule has 0 spiro atoms. The summed E-state index contributed by atoms with van der Waals surface area (Å²) in [6.45, 7) is 0. The van der Waals surface area contributed by atoms with Gasteiger partial charge in [0.15, 0.2) is 18.0 Å². The van der Waals surface area contributed by atoms with Gasteiger partial charge >= 0.3 is 6.18 Å².